The van der Waals surface area contributed by atoms with E-state index in [0.717, 1.165) is 47.0 Å². The number of hydrogen-bond donors (Lipinski definition) is 3. The van der Waals surface area contributed by atoms with Crippen LogP contribution in [0.3, 0.4) is 0 Å². The van der Waals surface area contributed by atoms with E-state index in [1.54, 1.807) is 27.4 Å². The molecule has 9 nitrogen and oxygen atoms in total. The average molecular weight is 500 g/mol. The first-order valence-electron chi connectivity index (χ1n) is 12.6. The normalized spacial score (nSPS) is 18.9. The molecule has 190 valence electrons. The molecular formula is C28H29N5O4. The molecule has 0 saturated carbocycles. The van der Waals surface area contributed by atoms with Crippen molar-refractivity contribution in [3.63, 3.8) is 0 Å². The number of hydroxylamine groups is 1. The van der Waals surface area contributed by atoms with Crippen LogP contribution in [0.25, 0.3) is 10.9 Å². The molecule has 0 aliphatic carbocycles. The van der Waals surface area contributed by atoms with E-state index < -0.39 is 18.0 Å². The summed E-state index contributed by atoms with van der Waals surface area (Å²) in [6.45, 7) is 0.522. The van der Waals surface area contributed by atoms with Crippen LogP contribution in [0.1, 0.15) is 60.5 Å². The second kappa shape index (κ2) is 10.4. The number of aromatic amines is 1. The van der Waals surface area contributed by atoms with Gasteiger partial charge in [-0.25, -0.2) is 5.48 Å². The van der Waals surface area contributed by atoms with Crippen LogP contribution in [0.5, 0.6) is 0 Å². The molecule has 3 amide bonds. The maximum Gasteiger partial charge on any atom is 0.246 e. The number of hydrogen-bond acceptors (Lipinski definition) is 5. The van der Waals surface area contributed by atoms with Crippen LogP contribution in [-0.2, 0) is 20.8 Å². The third-order valence-corrected chi connectivity index (χ3v) is 7.40. The number of aromatic nitrogens is 1. The molecule has 1 aromatic heterocycles. The van der Waals surface area contributed by atoms with Crippen molar-refractivity contribution >= 4 is 28.6 Å². The number of fused-ring (bicyclic) bond motifs is 4. The van der Waals surface area contributed by atoms with E-state index in [-0.39, 0.29) is 24.8 Å². The van der Waals surface area contributed by atoms with E-state index in [2.05, 4.69) is 11.1 Å². The van der Waals surface area contributed by atoms with E-state index in [4.69, 9.17) is 5.21 Å². The maximum absolute atomic E-state index is 13.7. The maximum atomic E-state index is 13.7. The summed E-state index contributed by atoms with van der Waals surface area (Å²) in [6, 6.07) is 16.3. The molecule has 2 atom stereocenters. The first-order chi connectivity index (χ1) is 18.0. The number of unbranched alkanes of at least 4 members (excludes halogenated alkanes) is 3. The number of H-pyrrole nitrogens is 1. The van der Waals surface area contributed by atoms with Crippen LogP contribution in [0, 0.1) is 11.3 Å². The Labute approximate surface area is 214 Å². The topological polar surface area (TPSA) is 130 Å². The monoisotopic (exact) mass is 499 g/mol. The largest absolute Gasteiger partial charge is 0.356 e. The summed E-state index contributed by atoms with van der Waals surface area (Å²) in [7, 11) is 0. The number of rotatable bonds is 8. The van der Waals surface area contributed by atoms with Gasteiger partial charge in [0.2, 0.25) is 17.7 Å². The molecule has 0 radical (unpaired) electrons. The fraction of sp³-hybridized carbons (Fsp3) is 0.357. The Morgan fingerprint density at radius 2 is 1.84 bits per heavy atom. The lowest BCUT2D eigenvalue weighted by Crippen LogP contribution is -2.63. The third-order valence-electron chi connectivity index (χ3n) is 7.40. The molecule has 0 bridgehead atoms. The number of nitrogens with zero attached hydrogens (tertiary/aromatic N) is 3. The lowest BCUT2D eigenvalue weighted by molar-refractivity contribution is -0.158. The zero-order chi connectivity index (χ0) is 25.9. The van der Waals surface area contributed by atoms with Gasteiger partial charge in [-0.15, -0.1) is 0 Å². The van der Waals surface area contributed by atoms with Gasteiger partial charge >= 0.3 is 0 Å². The molecule has 3 aromatic rings. The van der Waals surface area contributed by atoms with Crippen molar-refractivity contribution in [1.82, 2.24) is 20.3 Å². The quantitative estimate of drug-likeness (QED) is 0.249. The minimum Gasteiger partial charge on any atom is -0.356 e. The minimum atomic E-state index is -0.596. The van der Waals surface area contributed by atoms with Crippen LogP contribution in [-0.4, -0.2) is 56.8 Å². The van der Waals surface area contributed by atoms with E-state index in [0.29, 0.717) is 24.9 Å². The number of nitrogens with one attached hydrogen (secondary N) is 2. The number of para-hydroxylation sites is 1. The summed E-state index contributed by atoms with van der Waals surface area (Å²) in [6.07, 6.45) is 3.74. The summed E-state index contributed by atoms with van der Waals surface area (Å²) in [5.41, 5.74) is 5.97. The van der Waals surface area contributed by atoms with Crippen LogP contribution < -0.4 is 5.48 Å². The van der Waals surface area contributed by atoms with Gasteiger partial charge in [0, 0.05) is 36.0 Å². The zero-order valence-corrected chi connectivity index (χ0v) is 20.4. The van der Waals surface area contributed by atoms with Crippen molar-refractivity contribution in [1.29, 1.82) is 5.26 Å². The Balaban J connectivity index is 1.39. The Morgan fingerprint density at radius 1 is 1.08 bits per heavy atom. The van der Waals surface area contributed by atoms with Crippen LogP contribution >= 0.6 is 0 Å². The predicted octanol–water partition coefficient (Wildman–Crippen LogP) is 3.18. The highest BCUT2D eigenvalue weighted by atomic mass is 16.5. The van der Waals surface area contributed by atoms with E-state index >= 15 is 0 Å². The first-order valence-corrected chi connectivity index (χ1v) is 12.6. The second-order valence-corrected chi connectivity index (χ2v) is 9.68. The SMILES string of the molecule is N#Cc1ccc([C@H]2c3[nH]c4ccccc4c3C[C@H]3C(=O)N(CCCCCCC(=O)NO)CC(=O)N23)cc1. The number of piperazine rings is 1. The Morgan fingerprint density at radius 3 is 2.59 bits per heavy atom. The summed E-state index contributed by atoms with van der Waals surface area (Å²) >= 11 is 0. The van der Waals surface area contributed by atoms with Crippen molar-refractivity contribution in [2.45, 2.75) is 50.6 Å². The van der Waals surface area contributed by atoms with Crippen molar-refractivity contribution in [3.8, 4) is 6.07 Å². The molecule has 1 saturated heterocycles. The lowest BCUT2D eigenvalue weighted by atomic mass is 9.86. The van der Waals surface area contributed by atoms with Crippen LogP contribution in [0.4, 0.5) is 0 Å². The van der Waals surface area contributed by atoms with Crippen LogP contribution in [0.15, 0.2) is 48.5 Å². The molecule has 2 aromatic carbocycles. The van der Waals surface area contributed by atoms with E-state index in [9.17, 15) is 19.6 Å². The van der Waals surface area contributed by atoms with E-state index in [1.165, 1.54) is 0 Å². The minimum absolute atomic E-state index is 0.0323. The van der Waals surface area contributed by atoms with Gasteiger partial charge in [-0.1, -0.05) is 43.2 Å². The Bertz CT molecular complexity index is 1370. The summed E-state index contributed by atoms with van der Waals surface area (Å²) in [5, 5.41) is 18.9. The fourth-order valence-electron chi connectivity index (χ4n) is 5.60. The van der Waals surface area contributed by atoms with Gasteiger partial charge in [0.25, 0.3) is 0 Å². The first kappa shape index (κ1) is 24.5. The molecule has 2 aliphatic rings. The smallest absolute Gasteiger partial charge is 0.246 e. The fourth-order valence-corrected chi connectivity index (χ4v) is 5.60. The Hall–Kier alpha value is -4.16. The van der Waals surface area contributed by atoms with Gasteiger partial charge in [0.05, 0.1) is 24.2 Å². The van der Waals surface area contributed by atoms with Crippen LogP contribution in [0.2, 0.25) is 0 Å². The van der Waals surface area contributed by atoms with E-state index in [1.807, 2.05) is 36.4 Å². The highest BCUT2D eigenvalue weighted by Gasteiger charge is 2.48. The van der Waals surface area contributed by atoms with Gasteiger partial charge in [0.15, 0.2) is 0 Å². The highest BCUT2D eigenvalue weighted by molar-refractivity contribution is 5.97. The number of carbonyl (C=O) groups is 3. The van der Waals surface area contributed by atoms with Crippen molar-refractivity contribution in [3.05, 3.63) is 70.9 Å². The zero-order valence-electron chi connectivity index (χ0n) is 20.4. The van der Waals surface area contributed by atoms with Crippen molar-refractivity contribution in [2.75, 3.05) is 13.1 Å². The Kier molecular flexibility index (Phi) is 6.93. The number of carbonyl (C=O) groups excluding carboxylic acids is 3. The molecule has 2 aliphatic heterocycles. The average Bonchev–Trinajstić information content (AvgIpc) is 3.30. The summed E-state index contributed by atoms with van der Waals surface area (Å²) in [5.74, 6) is -0.542. The molecule has 3 N–H and O–H groups in total. The van der Waals surface area contributed by atoms with Gasteiger partial charge in [-0.3, -0.25) is 19.6 Å². The predicted molar refractivity (Wildman–Crippen MR) is 135 cm³/mol. The molecule has 9 heteroatoms. The summed E-state index contributed by atoms with van der Waals surface area (Å²) in [4.78, 5) is 45.3. The van der Waals surface area contributed by atoms with Gasteiger partial charge in [-0.2, -0.15) is 5.26 Å². The van der Waals surface area contributed by atoms with Crippen molar-refractivity contribution in [2.24, 2.45) is 0 Å². The molecule has 5 rings (SSSR count). The lowest BCUT2D eigenvalue weighted by Gasteiger charge is -2.47. The number of amides is 3. The van der Waals surface area contributed by atoms with Gasteiger partial charge < -0.3 is 14.8 Å². The molecule has 0 spiro atoms. The number of nitriles is 1. The molecule has 37 heavy (non-hydrogen) atoms. The van der Waals surface area contributed by atoms with Gasteiger partial charge in [-0.05, 0) is 42.2 Å². The molecule has 0 unspecified atom stereocenters. The summed E-state index contributed by atoms with van der Waals surface area (Å²) < 4.78 is 0. The third kappa shape index (κ3) is 4.68. The van der Waals surface area contributed by atoms with Gasteiger partial charge in [0.1, 0.15) is 6.04 Å². The molecule has 3 heterocycles. The standard InChI is InChI=1S/C28H29N5O4/c29-16-18-10-12-19(13-11-18)27-26-21(20-7-4-5-8-22(20)30-26)15-23-28(36)32(17-25(35)33(23)27)14-6-2-1-3-9-24(34)31-37/h4-5,7-8,10-13,23,27,30,37H,1-3,6,9,14-15,17H2,(H,31,34)/t23-,27-/m0/s1. The molecular weight excluding hydrogens is 470 g/mol. The second-order valence-electron chi connectivity index (χ2n) is 9.68. The highest BCUT2D eigenvalue weighted by Crippen LogP contribution is 2.42. The number of benzene rings is 2. The van der Waals surface area contributed by atoms with Crippen molar-refractivity contribution < 1.29 is 19.6 Å². The molecule has 1 fully saturated rings.